The van der Waals surface area contributed by atoms with Crippen molar-refractivity contribution in [3.05, 3.63) is 21.1 Å². The number of fused-ring (bicyclic) bond motifs is 1. The molecule has 0 atom stereocenters. The zero-order chi connectivity index (χ0) is 7.84. The number of nitrogens with zero attached hydrogens (tertiary/aromatic N) is 2. The first-order valence-corrected chi connectivity index (χ1v) is 3.18. The monoisotopic (exact) mass is 150 g/mol. The summed E-state index contributed by atoms with van der Waals surface area (Å²) in [7, 11) is 0. The van der Waals surface area contributed by atoms with E-state index in [1.54, 1.807) is 6.08 Å². The molecular formula is C6H6N4O. The first-order chi connectivity index (χ1) is 5.27. The third-order valence-corrected chi connectivity index (χ3v) is 1.47. The van der Waals surface area contributed by atoms with Crippen LogP contribution < -0.4 is 22.0 Å². The van der Waals surface area contributed by atoms with Crippen molar-refractivity contribution in [3.8, 4) is 0 Å². The summed E-state index contributed by atoms with van der Waals surface area (Å²) < 4.78 is 0. The average molecular weight is 150 g/mol. The SMILES string of the molecule is Nc1nc2c(c(=O)[nH]1)=NCC=2. The lowest BCUT2D eigenvalue weighted by Gasteiger charge is -1.87. The van der Waals surface area contributed by atoms with Crippen LogP contribution in [0, 0.1) is 0 Å². The Bertz CT molecular complexity index is 458. The predicted octanol–water partition coefficient (Wildman–Crippen LogP) is -2.23. The maximum absolute atomic E-state index is 11.0. The highest BCUT2D eigenvalue weighted by atomic mass is 16.1. The topological polar surface area (TPSA) is 84.1 Å². The van der Waals surface area contributed by atoms with Crippen molar-refractivity contribution in [1.29, 1.82) is 0 Å². The molecule has 1 aliphatic rings. The zero-order valence-electron chi connectivity index (χ0n) is 5.66. The van der Waals surface area contributed by atoms with Crippen LogP contribution in [-0.2, 0) is 0 Å². The third-order valence-electron chi connectivity index (χ3n) is 1.47. The quantitative estimate of drug-likeness (QED) is 0.439. The fourth-order valence-electron chi connectivity index (χ4n) is 1.02. The van der Waals surface area contributed by atoms with Gasteiger partial charge in [0.15, 0.2) is 0 Å². The van der Waals surface area contributed by atoms with E-state index in [0.29, 0.717) is 17.3 Å². The fraction of sp³-hybridized carbons (Fsp3) is 0.167. The fourth-order valence-corrected chi connectivity index (χ4v) is 1.02. The van der Waals surface area contributed by atoms with E-state index in [9.17, 15) is 4.79 Å². The van der Waals surface area contributed by atoms with Crippen molar-refractivity contribution >= 4 is 12.0 Å². The Morgan fingerprint density at radius 3 is 3.27 bits per heavy atom. The molecule has 0 unspecified atom stereocenters. The number of hydrogen-bond acceptors (Lipinski definition) is 4. The molecule has 1 aromatic heterocycles. The highest BCUT2D eigenvalue weighted by molar-refractivity contribution is 5.27. The van der Waals surface area contributed by atoms with Gasteiger partial charge in [-0.2, -0.15) is 0 Å². The minimum atomic E-state index is -0.263. The number of nitrogen functional groups attached to an aromatic ring is 1. The Labute approximate surface area is 61.3 Å². The highest BCUT2D eigenvalue weighted by Gasteiger charge is 2.00. The third kappa shape index (κ3) is 0.813. The van der Waals surface area contributed by atoms with Gasteiger partial charge in [0.05, 0.1) is 11.9 Å². The second-order valence-electron chi connectivity index (χ2n) is 2.23. The molecule has 0 saturated heterocycles. The van der Waals surface area contributed by atoms with Gasteiger partial charge in [-0.3, -0.25) is 14.8 Å². The Morgan fingerprint density at radius 1 is 1.64 bits per heavy atom. The van der Waals surface area contributed by atoms with E-state index in [1.165, 1.54) is 0 Å². The zero-order valence-corrected chi connectivity index (χ0v) is 5.66. The Hall–Kier alpha value is -1.65. The molecule has 2 heterocycles. The van der Waals surface area contributed by atoms with E-state index in [-0.39, 0.29) is 11.5 Å². The Kier molecular flexibility index (Phi) is 1.06. The van der Waals surface area contributed by atoms with Crippen LogP contribution in [0.2, 0.25) is 0 Å². The molecule has 0 radical (unpaired) electrons. The number of anilines is 1. The molecule has 5 heteroatoms. The van der Waals surface area contributed by atoms with Gasteiger partial charge in [-0.25, -0.2) is 4.98 Å². The van der Waals surface area contributed by atoms with Crippen molar-refractivity contribution < 1.29 is 0 Å². The lowest BCUT2D eigenvalue weighted by molar-refractivity contribution is 1.04. The van der Waals surface area contributed by atoms with E-state index in [0.717, 1.165) is 0 Å². The van der Waals surface area contributed by atoms with Crippen LogP contribution in [0.25, 0.3) is 6.08 Å². The highest BCUT2D eigenvalue weighted by Crippen LogP contribution is 1.76. The molecule has 1 aromatic rings. The molecular weight excluding hydrogens is 144 g/mol. The smallest absolute Gasteiger partial charge is 0.278 e. The molecule has 3 N–H and O–H groups in total. The van der Waals surface area contributed by atoms with E-state index in [4.69, 9.17) is 5.73 Å². The number of nitrogens with two attached hydrogens (primary N) is 1. The molecule has 0 aliphatic carbocycles. The second kappa shape index (κ2) is 1.91. The molecule has 2 rings (SSSR count). The molecule has 0 saturated carbocycles. The summed E-state index contributed by atoms with van der Waals surface area (Å²) in [5, 5.41) is 0.977. The summed E-state index contributed by atoms with van der Waals surface area (Å²) >= 11 is 0. The summed E-state index contributed by atoms with van der Waals surface area (Å²) in [6.07, 6.45) is 1.76. The minimum absolute atomic E-state index is 0.141. The van der Waals surface area contributed by atoms with Crippen LogP contribution in [0.5, 0.6) is 0 Å². The largest absolute Gasteiger partial charge is 0.369 e. The van der Waals surface area contributed by atoms with Gasteiger partial charge in [-0.1, -0.05) is 0 Å². The number of aromatic amines is 1. The molecule has 0 amide bonds. The summed E-state index contributed by atoms with van der Waals surface area (Å²) in [4.78, 5) is 21.2. The van der Waals surface area contributed by atoms with Gasteiger partial charge in [0.25, 0.3) is 5.56 Å². The van der Waals surface area contributed by atoms with Crippen molar-refractivity contribution in [2.45, 2.75) is 0 Å². The molecule has 0 aromatic carbocycles. The van der Waals surface area contributed by atoms with Gasteiger partial charge in [-0.05, 0) is 6.08 Å². The molecule has 1 aliphatic heterocycles. The first-order valence-electron chi connectivity index (χ1n) is 3.18. The molecule has 11 heavy (non-hydrogen) atoms. The normalized spacial score (nSPS) is 13.5. The van der Waals surface area contributed by atoms with Crippen LogP contribution in [0.3, 0.4) is 0 Å². The standard InChI is InChI=1S/C6H6N4O/c7-6-9-3-1-2-8-4(3)5(11)10-6/h1H,2H2,(H3,7,9,10,11). The Balaban J connectivity index is 3.05. The summed E-state index contributed by atoms with van der Waals surface area (Å²) in [5.41, 5.74) is 5.04. The van der Waals surface area contributed by atoms with Crippen LogP contribution in [0.1, 0.15) is 0 Å². The van der Waals surface area contributed by atoms with Crippen LogP contribution in [0.15, 0.2) is 9.79 Å². The van der Waals surface area contributed by atoms with Gasteiger partial charge >= 0.3 is 0 Å². The minimum Gasteiger partial charge on any atom is -0.369 e. The number of H-pyrrole nitrogens is 1. The van der Waals surface area contributed by atoms with E-state index >= 15 is 0 Å². The summed E-state index contributed by atoms with van der Waals surface area (Å²) in [5.74, 6) is 0.141. The summed E-state index contributed by atoms with van der Waals surface area (Å²) in [6.45, 7) is 0.523. The molecule has 0 fully saturated rings. The van der Waals surface area contributed by atoms with Crippen molar-refractivity contribution in [3.63, 3.8) is 0 Å². The van der Waals surface area contributed by atoms with E-state index in [1.807, 2.05) is 0 Å². The molecule has 0 spiro atoms. The average Bonchev–Trinajstić information content (AvgIpc) is 2.34. The molecule has 0 bridgehead atoms. The van der Waals surface area contributed by atoms with E-state index in [2.05, 4.69) is 15.0 Å². The van der Waals surface area contributed by atoms with Gasteiger partial charge in [0.1, 0.15) is 5.36 Å². The number of rotatable bonds is 0. The van der Waals surface area contributed by atoms with Crippen molar-refractivity contribution in [2.24, 2.45) is 4.99 Å². The van der Waals surface area contributed by atoms with Gasteiger partial charge in [-0.15, -0.1) is 0 Å². The van der Waals surface area contributed by atoms with Crippen molar-refractivity contribution in [1.82, 2.24) is 9.97 Å². The molecule has 5 nitrogen and oxygen atoms in total. The number of hydrogen-bond donors (Lipinski definition) is 2. The first kappa shape index (κ1) is 6.09. The van der Waals surface area contributed by atoms with Crippen LogP contribution >= 0.6 is 0 Å². The van der Waals surface area contributed by atoms with Gasteiger partial charge < -0.3 is 5.73 Å². The van der Waals surface area contributed by atoms with Gasteiger partial charge in [0.2, 0.25) is 5.95 Å². The number of nitrogens with one attached hydrogen (secondary N) is 1. The maximum Gasteiger partial charge on any atom is 0.278 e. The lowest BCUT2D eigenvalue weighted by Crippen LogP contribution is -2.41. The van der Waals surface area contributed by atoms with Crippen LogP contribution in [0.4, 0.5) is 5.95 Å². The maximum atomic E-state index is 11.0. The van der Waals surface area contributed by atoms with E-state index < -0.39 is 0 Å². The van der Waals surface area contributed by atoms with Gasteiger partial charge in [0, 0.05) is 0 Å². The number of aromatic nitrogens is 2. The lowest BCUT2D eigenvalue weighted by atomic mass is 10.5. The van der Waals surface area contributed by atoms with Crippen molar-refractivity contribution in [2.75, 3.05) is 12.3 Å². The summed E-state index contributed by atoms with van der Waals surface area (Å²) in [6, 6.07) is 0. The molecule has 56 valence electrons. The second-order valence-corrected chi connectivity index (χ2v) is 2.23. The Morgan fingerprint density at radius 2 is 2.45 bits per heavy atom. The predicted molar refractivity (Wildman–Crippen MR) is 39.4 cm³/mol. The van der Waals surface area contributed by atoms with Crippen LogP contribution in [-0.4, -0.2) is 16.5 Å².